The van der Waals surface area contributed by atoms with E-state index in [4.69, 9.17) is 0 Å². The molecule has 1 N–H and O–H groups in total. The smallest absolute Gasteiger partial charge is 0.126 e. The zero-order chi connectivity index (χ0) is 17.9. The number of aromatic amines is 1. The summed E-state index contributed by atoms with van der Waals surface area (Å²) in [5, 5.41) is 8.30. The maximum atomic E-state index is 13.4. The second-order valence-electron chi connectivity index (χ2n) is 6.06. The molecule has 3 nitrogen and oxygen atoms in total. The lowest BCUT2D eigenvalue weighted by Gasteiger charge is -2.03. The molecule has 0 aliphatic heterocycles. The molecule has 2 aromatic heterocycles. The van der Waals surface area contributed by atoms with Crippen molar-refractivity contribution in [3.63, 3.8) is 0 Å². The van der Waals surface area contributed by atoms with Gasteiger partial charge in [0.2, 0.25) is 0 Å². The summed E-state index contributed by atoms with van der Waals surface area (Å²) in [6, 6.07) is 13.3. The van der Waals surface area contributed by atoms with Gasteiger partial charge in [0.25, 0.3) is 0 Å². The van der Waals surface area contributed by atoms with Crippen LogP contribution in [0.2, 0.25) is 0 Å². The molecule has 0 fully saturated rings. The van der Waals surface area contributed by atoms with Crippen LogP contribution in [0.5, 0.6) is 0 Å². The van der Waals surface area contributed by atoms with Gasteiger partial charge in [-0.25, -0.2) is 8.78 Å². The number of rotatable bonds is 4. The van der Waals surface area contributed by atoms with Crippen LogP contribution in [-0.4, -0.2) is 15.2 Å². The predicted octanol–water partition coefficient (Wildman–Crippen LogP) is 5.00. The summed E-state index contributed by atoms with van der Waals surface area (Å²) in [6.07, 6.45) is 7.81. The first-order chi connectivity index (χ1) is 12.7. The monoisotopic (exact) mass is 347 g/mol. The fraction of sp³-hybridized carbons (Fsp3) is 0.0476. The van der Waals surface area contributed by atoms with Gasteiger partial charge in [0.05, 0.1) is 11.2 Å². The molecule has 0 spiro atoms. The summed E-state index contributed by atoms with van der Waals surface area (Å²) in [5.41, 5.74) is 4.31. The molecule has 0 radical (unpaired) electrons. The van der Waals surface area contributed by atoms with E-state index in [9.17, 15) is 8.78 Å². The van der Waals surface area contributed by atoms with Crippen LogP contribution < -0.4 is 0 Å². The second-order valence-corrected chi connectivity index (χ2v) is 6.06. The lowest BCUT2D eigenvalue weighted by Crippen LogP contribution is -1.91. The number of nitrogens with one attached hydrogen (secondary N) is 1. The molecule has 0 saturated heterocycles. The van der Waals surface area contributed by atoms with Gasteiger partial charge in [0.15, 0.2) is 0 Å². The number of fused-ring (bicyclic) bond motifs is 1. The van der Waals surface area contributed by atoms with Crippen LogP contribution in [0.4, 0.5) is 8.78 Å². The van der Waals surface area contributed by atoms with Crippen molar-refractivity contribution in [3.8, 4) is 0 Å². The van der Waals surface area contributed by atoms with Crippen molar-refractivity contribution in [3.05, 3.63) is 94.9 Å². The molecule has 2 heterocycles. The number of H-pyrrole nitrogens is 1. The van der Waals surface area contributed by atoms with Crippen molar-refractivity contribution < 1.29 is 8.78 Å². The van der Waals surface area contributed by atoms with Crippen molar-refractivity contribution in [2.24, 2.45) is 0 Å². The standard InChI is InChI=1S/C21H15F2N3/c22-17-10-16(11-18(23)13-17)9-15-2-4-21-19(12-15)20(25-26-21)3-1-14-5-7-24-8-6-14/h1-8,10-13H,9H2,(H,25,26)/b3-1+. The summed E-state index contributed by atoms with van der Waals surface area (Å²) >= 11 is 0. The Kier molecular flexibility index (Phi) is 4.27. The van der Waals surface area contributed by atoms with Gasteiger partial charge in [0, 0.05) is 23.8 Å². The maximum absolute atomic E-state index is 13.4. The number of nitrogens with zero attached hydrogens (tertiary/aromatic N) is 2. The number of hydrogen-bond donors (Lipinski definition) is 1. The van der Waals surface area contributed by atoms with E-state index >= 15 is 0 Å². The number of aromatic nitrogens is 3. The van der Waals surface area contributed by atoms with E-state index in [1.807, 2.05) is 42.5 Å². The fourth-order valence-electron chi connectivity index (χ4n) is 2.92. The molecule has 0 saturated carbocycles. The van der Waals surface area contributed by atoms with Crippen molar-refractivity contribution in [2.75, 3.05) is 0 Å². The molecule has 0 aliphatic carbocycles. The number of pyridine rings is 1. The molecule has 0 bridgehead atoms. The number of benzene rings is 2. The Morgan fingerprint density at radius 3 is 2.38 bits per heavy atom. The molecular formula is C21H15F2N3. The topological polar surface area (TPSA) is 41.6 Å². The van der Waals surface area contributed by atoms with Crippen LogP contribution in [0.3, 0.4) is 0 Å². The zero-order valence-electron chi connectivity index (χ0n) is 13.8. The summed E-state index contributed by atoms with van der Waals surface area (Å²) in [6.45, 7) is 0. The Bertz CT molecular complexity index is 1060. The Morgan fingerprint density at radius 2 is 1.62 bits per heavy atom. The SMILES string of the molecule is Fc1cc(F)cc(Cc2ccc3[nH]nc(/C=C/c4ccncc4)c3c2)c1. The average Bonchev–Trinajstić information content (AvgIpc) is 3.02. The molecule has 0 atom stereocenters. The fourth-order valence-corrected chi connectivity index (χ4v) is 2.92. The molecule has 128 valence electrons. The van der Waals surface area contributed by atoms with Gasteiger partial charge < -0.3 is 0 Å². The molecule has 0 aliphatic rings. The van der Waals surface area contributed by atoms with Gasteiger partial charge in [-0.05, 0) is 65.6 Å². The van der Waals surface area contributed by atoms with Crippen molar-refractivity contribution in [1.29, 1.82) is 0 Å². The van der Waals surface area contributed by atoms with Gasteiger partial charge in [-0.15, -0.1) is 0 Å². The van der Waals surface area contributed by atoms with E-state index in [0.717, 1.165) is 33.8 Å². The van der Waals surface area contributed by atoms with Crippen LogP contribution >= 0.6 is 0 Å². The van der Waals surface area contributed by atoms with Crippen LogP contribution in [-0.2, 0) is 6.42 Å². The first-order valence-electron chi connectivity index (χ1n) is 8.17. The third kappa shape index (κ3) is 3.52. The first-order valence-corrected chi connectivity index (χ1v) is 8.17. The molecule has 0 amide bonds. The summed E-state index contributed by atoms with van der Waals surface area (Å²) in [7, 11) is 0. The van der Waals surface area contributed by atoms with Crippen LogP contribution in [0.25, 0.3) is 23.1 Å². The maximum Gasteiger partial charge on any atom is 0.126 e. The lowest BCUT2D eigenvalue weighted by atomic mass is 10.0. The highest BCUT2D eigenvalue weighted by molar-refractivity contribution is 5.89. The van der Waals surface area contributed by atoms with Crippen LogP contribution in [0, 0.1) is 11.6 Å². The van der Waals surface area contributed by atoms with E-state index in [-0.39, 0.29) is 0 Å². The van der Waals surface area contributed by atoms with E-state index in [1.165, 1.54) is 12.1 Å². The van der Waals surface area contributed by atoms with Gasteiger partial charge in [-0.1, -0.05) is 12.1 Å². The molecule has 4 aromatic rings. The van der Waals surface area contributed by atoms with E-state index in [1.54, 1.807) is 12.4 Å². The second kappa shape index (κ2) is 6.88. The molecule has 5 heteroatoms. The average molecular weight is 347 g/mol. The number of halogens is 2. The lowest BCUT2D eigenvalue weighted by molar-refractivity contribution is 0.580. The molecule has 2 aromatic carbocycles. The highest BCUT2D eigenvalue weighted by atomic mass is 19.1. The summed E-state index contributed by atoms with van der Waals surface area (Å²) < 4.78 is 26.8. The quantitative estimate of drug-likeness (QED) is 0.565. The largest absolute Gasteiger partial charge is 0.277 e. The first kappa shape index (κ1) is 16.1. The Hall–Kier alpha value is -3.34. The molecule has 26 heavy (non-hydrogen) atoms. The van der Waals surface area contributed by atoms with Gasteiger partial charge in [-0.2, -0.15) is 5.10 Å². The zero-order valence-corrected chi connectivity index (χ0v) is 13.8. The number of hydrogen-bond acceptors (Lipinski definition) is 2. The summed E-state index contributed by atoms with van der Waals surface area (Å²) in [5.74, 6) is -1.13. The third-order valence-electron chi connectivity index (χ3n) is 4.13. The van der Waals surface area contributed by atoms with E-state index < -0.39 is 11.6 Å². The van der Waals surface area contributed by atoms with Gasteiger partial charge in [-0.3, -0.25) is 10.1 Å². The minimum Gasteiger partial charge on any atom is -0.277 e. The van der Waals surface area contributed by atoms with Crippen molar-refractivity contribution >= 4 is 23.1 Å². The third-order valence-corrected chi connectivity index (χ3v) is 4.13. The Labute approximate surface area is 149 Å². The predicted molar refractivity (Wildman–Crippen MR) is 98.4 cm³/mol. The highest BCUT2D eigenvalue weighted by Crippen LogP contribution is 2.22. The van der Waals surface area contributed by atoms with Crippen LogP contribution in [0.1, 0.15) is 22.4 Å². The normalized spacial score (nSPS) is 11.5. The van der Waals surface area contributed by atoms with Gasteiger partial charge in [0.1, 0.15) is 11.6 Å². The van der Waals surface area contributed by atoms with E-state index in [0.29, 0.717) is 12.0 Å². The van der Waals surface area contributed by atoms with Crippen molar-refractivity contribution in [2.45, 2.75) is 6.42 Å². The minimum atomic E-state index is -0.564. The molecular weight excluding hydrogens is 332 g/mol. The molecule has 4 rings (SSSR count). The Balaban J connectivity index is 1.65. The van der Waals surface area contributed by atoms with Gasteiger partial charge >= 0.3 is 0 Å². The molecule has 0 unspecified atom stereocenters. The van der Waals surface area contributed by atoms with Crippen LogP contribution in [0.15, 0.2) is 60.9 Å². The summed E-state index contributed by atoms with van der Waals surface area (Å²) in [4.78, 5) is 4.00. The van der Waals surface area contributed by atoms with Crippen molar-refractivity contribution in [1.82, 2.24) is 15.2 Å². The minimum absolute atomic E-state index is 0.448. The van der Waals surface area contributed by atoms with E-state index in [2.05, 4.69) is 15.2 Å². The Morgan fingerprint density at radius 1 is 0.846 bits per heavy atom. The highest BCUT2D eigenvalue weighted by Gasteiger charge is 2.06.